The number of carboxylic acids is 1. The molecule has 0 saturated heterocycles. The number of halogens is 1. The second-order valence-corrected chi connectivity index (χ2v) is 2.67. The van der Waals surface area contributed by atoms with E-state index in [1.165, 1.54) is 6.92 Å². The van der Waals surface area contributed by atoms with E-state index < -0.39 is 24.0 Å². The minimum Gasteiger partial charge on any atom is -0.481 e. The Labute approximate surface area is 82.3 Å². The lowest BCUT2D eigenvalue weighted by atomic mass is 9.93. The number of aliphatic hydroxyl groups excluding tert-OH is 1. The highest BCUT2D eigenvalue weighted by atomic mass is 35.5. The predicted octanol–water partition coefficient (Wildman–Crippen LogP) is -0.594. The summed E-state index contributed by atoms with van der Waals surface area (Å²) in [7, 11) is 0. The number of aliphatic hydroxyl groups is 1. The van der Waals surface area contributed by atoms with Crippen LogP contribution in [0.25, 0.3) is 0 Å². The SMILES string of the molecule is C[C@@H](O)[C@@H](C(=O)O)[C@H](N)CC=O.Cl. The molecule has 6 heteroatoms. The van der Waals surface area contributed by atoms with Crippen molar-refractivity contribution < 1.29 is 19.8 Å². The molecular formula is C7H14ClNO4. The molecule has 0 rings (SSSR count). The Bertz CT molecular complexity index is 174. The average molecular weight is 212 g/mol. The summed E-state index contributed by atoms with van der Waals surface area (Å²) in [4.78, 5) is 20.5. The minimum absolute atomic E-state index is 0. The molecule has 0 aliphatic carbocycles. The summed E-state index contributed by atoms with van der Waals surface area (Å²) in [6, 6.07) is -0.819. The van der Waals surface area contributed by atoms with Gasteiger partial charge in [0.2, 0.25) is 0 Å². The normalized spacial score (nSPS) is 16.5. The van der Waals surface area contributed by atoms with Crippen molar-refractivity contribution in [3.05, 3.63) is 0 Å². The van der Waals surface area contributed by atoms with Gasteiger partial charge in [-0.3, -0.25) is 4.79 Å². The van der Waals surface area contributed by atoms with E-state index in [-0.39, 0.29) is 18.8 Å². The third-order valence-corrected chi connectivity index (χ3v) is 1.63. The number of aliphatic carboxylic acids is 1. The molecule has 0 radical (unpaired) electrons. The van der Waals surface area contributed by atoms with Crippen LogP contribution in [0.1, 0.15) is 13.3 Å². The Balaban J connectivity index is 0. The smallest absolute Gasteiger partial charge is 0.310 e. The van der Waals surface area contributed by atoms with Crippen LogP contribution in [0, 0.1) is 5.92 Å². The maximum Gasteiger partial charge on any atom is 0.310 e. The number of hydrogen-bond donors (Lipinski definition) is 3. The zero-order valence-corrected chi connectivity index (χ0v) is 8.03. The number of aldehydes is 1. The summed E-state index contributed by atoms with van der Waals surface area (Å²) in [5.74, 6) is -2.26. The first-order valence-corrected chi connectivity index (χ1v) is 3.60. The molecule has 13 heavy (non-hydrogen) atoms. The van der Waals surface area contributed by atoms with Gasteiger partial charge in [-0.25, -0.2) is 0 Å². The highest BCUT2D eigenvalue weighted by Crippen LogP contribution is 2.09. The van der Waals surface area contributed by atoms with Gasteiger partial charge in [0.05, 0.1) is 12.0 Å². The molecule has 0 aromatic heterocycles. The first-order chi connectivity index (χ1) is 5.50. The van der Waals surface area contributed by atoms with E-state index in [4.69, 9.17) is 15.9 Å². The lowest BCUT2D eigenvalue weighted by Gasteiger charge is -2.20. The fraction of sp³-hybridized carbons (Fsp3) is 0.714. The third-order valence-electron chi connectivity index (χ3n) is 1.63. The molecular weight excluding hydrogens is 198 g/mol. The Kier molecular flexibility index (Phi) is 7.79. The first kappa shape index (κ1) is 14.9. The van der Waals surface area contributed by atoms with Gasteiger partial charge in [0.25, 0.3) is 0 Å². The number of carboxylic acid groups (broad SMARTS) is 1. The third kappa shape index (κ3) is 4.82. The second kappa shape index (κ2) is 6.82. The average Bonchev–Trinajstić information content (AvgIpc) is 1.85. The van der Waals surface area contributed by atoms with Crippen LogP contribution in [0.5, 0.6) is 0 Å². The molecule has 0 saturated carbocycles. The molecule has 0 unspecified atom stereocenters. The molecule has 0 bridgehead atoms. The van der Waals surface area contributed by atoms with E-state index in [1.54, 1.807) is 0 Å². The zero-order chi connectivity index (χ0) is 9.72. The monoisotopic (exact) mass is 211 g/mol. The quantitative estimate of drug-likeness (QED) is 0.528. The van der Waals surface area contributed by atoms with Crippen LogP contribution in [-0.4, -0.2) is 34.6 Å². The van der Waals surface area contributed by atoms with Gasteiger partial charge in [-0.1, -0.05) is 0 Å². The Hall–Kier alpha value is -0.650. The van der Waals surface area contributed by atoms with Crippen LogP contribution in [0.3, 0.4) is 0 Å². The van der Waals surface area contributed by atoms with E-state index in [0.29, 0.717) is 6.29 Å². The topological polar surface area (TPSA) is 101 Å². The maximum absolute atomic E-state index is 10.5. The lowest BCUT2D eigenvalue weighted by Crippen LogP contribution is -2.42. The van der Waals surface area contributed by atoms with Gasteiger partial charge in [-0.15, -0.1) is 12.4 Å². The van der Waals surface area contributed by atoms with E-state index in [0.717, 1.165) is 0 Å². The molecule has 4 N–H and O–H groups in total. The minimum atomic E-state index is -1.18. The molecule has 0 spiro atoms. The summed E-state index contributed by atoms with van der Waals surface area (Å²) in [6.07, 6.45) is -0.553. The van der Waals surface area contributed by atoms with Gasteiger partial charge in [0.1, 0.15) is 6.29 Å². The fourth-order valence-electron chi connectivity index (χ4n) is 1.00. The van der Waals surface area contributed by atoms with E-state index in [1.807, 2.05) is 0 Å². The van der Waals surface area contributed by atoms with E-state index in [2.05, 4.69) is 0 Å². The Morgan fingerprint density at radius 2 is 2.08 bits per heavy atom. The molecule has 5 nitrogen and oxygen atoms in total. The van der Waals surface area contributed by atoms with Gasteiger partial charge < -0.3 is 20.7 Å². The van der Waals surface area contributed by atoms with Crippen LogP contribution in [0.15, 0.2) is 0 Å². The number of carbonyl (C=O) groups is 2. The largest absolute Gasteiger partial charge is 0.481 e. The van der Waals surface area contributed by atoms with Crippen molar-refractivity contribution in [3.8, 4) is 0 Å². The first-order valence-electron chi connectivity index (χ1n) is 3.60. The fourth-order valence-corrected chi connectivity index (χ4v) is 1.00. The van der Waals surface area contributed by atoms with Gasteiger partial charge in [-0.2, -0.15) is 0 Å². The summed E-state index contributed by atoms with van der Waals surface area (Å²) in [5, 5.41) is 17.6. The van der Waals surface area contributed by atoms with Crippen LogP contribution in [-0.2, 0) is 9.59 Å². The van der Waals surface area contributed by atoms with Crippen molar-refractivity contribution >= 4 is 24.7 Å². The van der Waals surface area contributed by atoms with Crippen molar-refractivity contribution in [2.24, 2.45) is 11.7 Å². The van der Waals surface area contributed by atoms with Crippen molar-refractivity contribution in [1.29, 1.82) is 0 Å². The summed E-state index contributed by atoms with van der Waals surface area (Å²) >= 11 is 0. The van der Waals surface area contributed by atoms with Gasteiger partial charge in [0.15, 0.2) is 0 Å². The molecule has 0 aliphatic heterocycles. The number of carbonyl (C=O) groups excluding carboxylic acids is 1. The lowest BCUT2D eigenvalue weighted by molar-refractivity contribution is -0.146. The van der Waals surface area contributed by atoms with Crippen molar-refractivity contribution in [1.82, 2.24) is 0 Å². The Morgan fingerprint density at radius 3 is 2.31 bits per heavy atom. The van der Waals surface area contributed by atoms with Gasteiger partial charge >= 0.3 is 5.97 Å². The zero-order valence-electron chi connectivity index (χ0n) is 7.21. The second-order valence-electron chi connectivity index (χ2n) is 2.67. The molecule has 0 aromatic rings. The van der Waals surface area contributed by atoms with Crippen LogP contribution < -0.4 is 5.73 Å². The van der Waals surface area contributed by atoms with Crippen molar-refractivity contribution in [2.45, 2.75) is 25.5 Å². The van der Waals surface area contributed by atoms with Gasteiger partial charge in [0, 0.05) is 12.5 Å². The molecule has 0 aromatic carbocycles. The number of nitrogens with two attached hydrogens (primary N) is 1. The Morgan fingerprint density at radius 1 is 1.62 bits per heavy atom. The maximum atomic E-state index is 10.5. The van der Waals surface area contributed by atoms with Crippen molar-refractivity contribution in [3.63, 3.8) is 0 Å². The van der Waals surface area contributed by atoms with E-state index >= 15 is 0 Å². The van der Waals surface area contributed by atoms with E-state index in [9.17, 15) is 9.59 Å². The summed E-state index contributed by atoms with van der Waals surface area (Å²) in [6.45, 7) is 1.34. The number of rotatable bonds is 5. The summed E-state index contributed by atoms with van der Waals surface area (Å²) in [5.41, 5.74) is 5.36. The molecule has 78 valence electrons. The molecule has 0 heterocycles. The van der Waals surface area contributed by atoms with Gasteiger partial charge in [-0.05, 0) is 6.92 Å². The van der Waals surface area contributed by atoms with Crippen LogP contribution in [0.2, 0.25) is 0 Å². The molecule has 0 aliphatic rings. The summed E-state index contributed by atoms with van der Waals surface area (Å²) < 4.78 is 0. The molecule has 3 atom stereocenters. The molecule has 0 fully saturated rings. The van der Waals surface area contributed by atoms with Crippen LogP contribution >= 0.6 is 12.4 Å². The molecule has 0 amide bonds. The highest BCUT2D eigenvalue weighted by molar-refractivity contribution is 5.85. The predicted molar refractivity (Wildman–Crippen MR) is 48.7 cm³/mol. The highest BCUT2D eigenvalue weighted by Gasteiger charge is 2.29. The van der Waals surface area contributed by atoms with Crippen LogP contribution in [0.4, 0.5) is 0 Å². The van der Waals surface area contributed by atoms with Crippen molar-refractivity contribution in [2.75, 3.05) is 0 Å². The number of hydrogen-bond acceptors (Lipinski definition) is 4. The standard InChI is InChI=1S/C7H13NO4.ClH/c1-4(10)6(7(11)12)5(8)2-3-9;/h3-6,10H,2,8H2,1H3,(H,11,12);1H/t4-,5-,6-;/m1./s1.